The van der Waals surface area contributed by atoms with Gasteiger partial charge in [-0.15, -0.1) is 24.8 Å². The third-order valence-corrected chi connectivity index (χ3v) is 12.5. The topological polar surface area (TPSA) is 9.23 Å². The van der Waals surface area contributed by atoms with Crippen molar-refractivity contribution in [2.75, 3.05) is 0 Å². The summed E-state index contributed by atoms with van der Waals surface area (Å²) in [6, 6.07) is 26.6. The molecule has 5 heteroatoms. The summed E-state index contributed by atoms with van der Waals surface area (Å²) >= 11 is -2.43. The van der Waals surface area contributed by atoms with E-state index in [-0.39, 0.29) is 30.2 Å². The minimum atomic E-state index is -2.43. The smallest absolute Gasteiger partial charge is 0.147 e. The van der Waals surface area contributed by atoms with Crippen LogP contribution in [0.2, 0.25) is 13.1 Å². The first kappa shape index (κ1) is 31.5. The van der Waals surface area contributed by atoms with Crippen LogP contribution in [0.25, 0.3) is 0 Å². The Hall–Kier alpha value is -1.68. The molecular formula is C32H40Cl2OSiTi. The van der Waals surface area contributed by atoms with Crippen molar-refractivity contribution in [1.82, 2.24) is 0 Å². The van der Waals surface area contributed by atoms with E-state index in [9.17, 15) is 0 Å². The van der Waals surface area contributed by atoms with Gasteiger partial charge in [0.2, 0.25) is 0 Å². The van der Waals surface area contributed by atoms with Gasteiger partial charge in [0.05, 0.1) is 0 Å². The number of aryl methyl sites for hydroxylation is 1. The van der Waals surface area contributed by atoms with Gasteiger partial charge < -0.3 is 0 Å². The molecule has 0 spiro atoms. The van der Waals surface area contributed by atoms with Gasteiger partial charge >= 0.3 is 221 Å². The molecule has 37 heavy (non-hydrogen) atoms. The Morgan fingerprint density at radius 2 is 1.38 bits per heavy atom. The SMILES string of the molecule is CC1=[C]([Ti]([O]c2cc(C)cc(C(C)(C)C)c2[SiH](C)C)=[C](c2ccccc2)c2ccccc2)CC=C1.Cl.Cl. The first-order chi connectivity index (χ1) is 16.7. The molecule has 0 bridgehead atoms. The zero-order valence-corrected chi connectivity index (χ0v) is 27.4. The summed E-state index contributed by atoms with van der Waals surface area (Å²) in [4.78, 5) is 0. The fourth-order valence-electron chi connectivity index (χ4n) is 4.96. The molecule has 0 fully saturated rings. The van der Waals surface area contributed by atoms with E-state index in [1.54, 1.807) is 0 Å². The predicted molar refractivity (Wildman–Crippen MR) is 166 cm³/mol. The minimum absolute atomic E-state index is 0. The Morgan fingerprint density at radius 1 is 0.838 bits per heavy atom. The average molecular weight is 588 g/mol. The van der Waals surface area contributed by atoms with Crippen molar-refractivity contribution >= 4 is 42.6 Å². The summed E-state index contributed by atoms with van der Waals surface area (Å²) in [6.45, 7) is 16.4. The van der Waals surface area contributed by atoms with Gasteiger partial charge in [-0.3, -0.25) is 0 Å². The van der Waals surface area contributed by atoms with Crippen LogP contribution in [-0.4, -0.2) is 12.6 Å². The van der Waals surface area contributed by atoms with Crippen LogP contribution in [0.1, 0.15) is 56.4 Å². The van der Waals surface area contributed by atoms with Crippen molar-refractivity contribution in [3.05, 3.63) is 117 Å². The van der Waals surface area contributed by atoms with E-state index in [1.807, 2.05) is 0 Å². The van der Waals surface area contributed by atoms with Gasteiger partial charge in [0, 0.05) is 0 Å². The summed E-state index contributed by atoms with van der Waals surface area (Å²) in [6.07, 6.45) is 5.59. The predicted octanol–water partition coefficient (Wildman–Crippen LogP) is 8.24. The molecule has 0 atom stereocenters. The van der Waals surface area contributed by atoms with Crippen LogP contribution < -0.4 is 8.51 Å². The molecule has 0 heterocycles. The van der Waals surface area contributed by atoms with Gasteiger partial charge in [-0.2, -0.15) is 0 Å². The zero-order valence-electron chi connectivity index (χ0n) is 23.1. The molecule has 0 saturated heterocycles. The van der Waals surface area contributed by atoms with E-state index < -0.39 is 26.6 Å². The number of halogens is 2. The van der Waals surface area contributed by atoms with E-state index in [2.05, 4.69) is 133 Å². The fraction of sp³-hybridized carbons (Fsp3) is 0.281. The van der Waals surface area contributed by atoms with Gasteiger partial charge in [-0.25, -0.2) is 0 Å². The third-order valence-electron chi connectivity index (χ3n) is 6.68. The van der Waals surface area contributed by atoms with E-state index >= 15 is 0 Å². The van der Waals surface area contributed by atoms with Gasteiger partial charge in [0.1, 0.15) is 0 Å². The van der Waals surface area contributed by atoms with Crippen LogP contribution in [0.3, 0.4) is 0 Å². The van der Waals surface area contributed by atoms with Crippen LogP contribution >= 0.6 is 24.8 Å². The molecule has 3 aromatic rings. The van der Waals surface area contributed by atoms with E-state index in [0.29, 0.717) is 0 Å². The molecule has 0 radical (unpaired) electrons. The van der Waals surface area contributed by atoms with E-state index in [1.165, 1.54) is 40.7 Å². The molecule has 1 aliphatic rings. The van der Waals surface area contributed by atoms with Gasteiger partial charge in [0.25, 0.3) is 0 Å². The monoisotopic (exact) mass is 586 g/mol. The Bertz CT molecular complexity index is 1260. The van der Waals surface area contributed by atoms with Crippen LogP contribution in [0.5, 0.6) is 5.75 Å². The number of hydrogen-bond donors (Lipinski definition) is 0. The van der Waals surface area contributed by atoms with Crippen molar-refractivity contribution in [2.45, 2.75) is 59.5 Å². The Morgan fingerprint density at radius 3 is 1.81 bits per heavy atom. The second-order valence-corrected chi connectivity index (χ2v) is 16.9. The van der Waals surface area contributed by atoms with Gasteiger partial charge in [0.15, 0.2) is 0 Å². The molecule has 0 aromatic heterocycles. The molecule has 3 aromatic carbocycles. The number of rotatable bonds is 6. The third kappa shape index (κ3) is 7.25. The largest absolute Gasteiger partial charge is 0.147 e. The molecule has 0 aliphatic heterocycles. The maximum atomic E-state index is 7.42. The normalized spacial score (nSPS) is 12.8. The van der Waals surface area contributed by atoms with Crippen LogP contribution in [0, 0.1) is 6.92 Å². The molecule has 196 valence electrons. The summed E-state index contributed by atoms with van der Waals surface area (Å²) in [5, 5.41) is 1.50. The average Bonchev–Trinajstić information content (AvgIpc) is 3.24. The molecule has 1 aliphatic carbocycles. The molecule has 4 rings (SSSR count). The minimum Gasteiger partial charge on any atom is -0.147 e. The second-order valence-electron chi connectivity index (χ2n) is 10.9. The van der Waals surface area contributed by atoms with Crippen LogP contribution in [0.15, 0.2) is 94.4 Å². The van der Waals surface area contributed by atoms with E-state index in [4.69, 9.17) is 3.32 Å². The Kier molecular flexibility index (Phi) is 11.4. The number of benzene rings is 3. The molecule has 0 N–H and O–H groups in total. The number of hydrogen-bond acceptors (Lipinski definition) is 1. The molecule has 1 nitrogen and oxygen atoms in total. The van der Waals surface area contributed by atoms with Crippen molar-refractivity contribution in [2.24, 2.45) is 0 Å². The summed E-state index contributed by atoms with van der Waals surface area (Å²) in [5.74, 6) is 1.14. The van der Waals surface area contributed by atoms with Crippen LogP contribution in [-0.2, 0) is 23.2 Å². The fourth-order valence-corrected chi connectivity index (χ4v) is 10.9. The van der Waals surface area contributed by atoms with E-state index in [0.717, 1.165) is 12.2 Å². The van der Waals surface area contributed by atoms with Gasteiger partial charge in [-0.05, 0) is 0 Å². The van der Waals surface area contributed by atoms with Gasteiger partial charge in [-0.1, -0.05) is 0 Å². The summed E-state index contributed by atoms with van der Waals surface area (Å²) in [7, 11) is -1.15. The standard InChI is InChI=1S/C13H22OSi.C13H10.C6H7.2ClH.Ti/c1-9-7-10(13(2,3)4)12(15(5)6)11(14)8-9;1-3-7-12(8-4-1)11-13-9-5-2-6-10-13;1-6-4-2-3-5-6;;;/h7-8,14-15H,1-6H3;1-10H;2,4H,3H2,1H3;2*1H;/q;;;;;+1/p-1. The van der Waals surface area contributed by atoms with Crippen molar-refractivity contribution in [3.8, 4) is 5.75 Å². The Labute approximate surface area is 244 Å². The number of allylic oxidation sites excluding steroid dienone is 4. The second kappa shape index (κ2) is 13.4. The molecule has 0 amide bonds. The maximum absolute atomic E-state index is 7.42. The maximum Gasteiger partial charge on any atom is -0.147 e. The summed E-state index contributed by atoms with van der Waals surface area (Å²) < 4.78 is 10.3. The first-order valence-electron chi connectivity index (χ1n) is 12.7. The molecule has 0 saturated carbocycles. The quantitative estimate of drug-likeness (QED) is 0.264. The summed E-state index contributed by atoms with van der Waals surface area (Å²) in [5.41, 5.74) is 6.80. The van der Waals surface area contributed by atoms with Crippen molar-refractivity contribution in [3.63, 3.8) is 0 Å². The van der Waals surface area contributed by atoms with Crippen molar-refractivity contribution < 1.29 is 21.1 Å². The molecule has 0 unspecified atom stereocenters. The first-order valence-corrected chi connectivity index (χ1v) is 17.8. The van der Waals surface area contributed by atoms with Crippen LogP contribution in [0.4, 0.5) is 0 Å². The Balaban J connectivity index is 0.00000241. The van der Waals surface area contributed by atoms with Crippen molar-refractivity contribution in [1.29, 1.82) is 0 Å². The zero-order chi connectivity index (χ0) is 25.2. The molecular weight excluding hydrogens is 547 g/mol.